The monoisotopic (exact) mass is 450 g/mol. The third kappa shape index (κ3) is 4.56. The molecular weight excluding hydrogens is 416 g/mol. The van der Waals surface area contributed by atoms with Gasteiger partial charge in [-0.2, -0.15) is 0 Å². The third-order valence-electron chi connectivity index (χ3n) is 6.75. The topological polar surface area (TPSA) is 59.1 Å². The number of hydrogen-bond donors (Lipinski definition) is 0. The summed E-state index contributed by atoms with van der Waals surface area (Å²) in [6.45, 7) is 8.75. The minimum atomic E-state index is -0.359. The number of rotatable bonds is 4. The first-order valence-electron chi connectivity index (χ1n) is 11.9. The summed E-state index contributed by atoms with van der Waals surface area (Å²) in [5.74, 6) is 0. The molecule has 0 saturated heterocycles. The number of anilines is 1. The molecule has 2 amide bonds. The molecule has 0 spiro atoms. The van der Waals surface area contributed by atoms with E-state index in [0.29, 0.717) is 19.6 Å². The summed E-state index contributed by atoms with van der Waals surface area (Å²) >= 11 is 0. The quantitative estimate of drug-likeness (QED) is 0.586. The van der Waals surface area contributed by atoms with E-state index >= 15 is 0 Å². The Morgan fingerprint density at radius 3 is 2.36 bits per heavy atom. The van der Waals surface area contributed by atoms with Crippen molar-refractivity contribution in [3.63, 3.8) is 0 Å². The molecule has 1 aliphatic heterocycles. The summed E-state index contributed by atoms with van der Waals surface area (Å²) in [7, 11) is 1.43. The summed E-state index contributed by atoms with van der Waals surface area (Å²) in [6.07, 6.45) is 3.08. The highest BCUT2D eigenvalue weighted by molar-refractivity contribution is 5.91. The van der Waals surface area contributed by atoms with Crippen LogP contribution >= 0.6 is 0 Å². The molecule has 2 unspecified atom stereocenters. The van der Waals surface area contributed by atoms with Crippen LogP contribution in [0.2, 0.25) is 0 Å². The lowest BCUT2D eigenvalue weighted by Crippen LogP contribution is -2.47. The van der Waals surface area contributed by atoms with Gasteiger partial charge in [0.15, 0.2) is 0 Å². The molecule has 0 fully saturated rings. The third-order valence-corrected chi connectivity index (χ3v) is 6.75. The zero-order valence-corrected chi connectivity index (χ0v) is 20.3. The first-order valence-corrected chi connectivity index (χ1v) is 11.9. The molecule has 2 aromatic carbocycles. The van der Waals surface area contributed by atoms with E-state index in [1.807, 2.05) is 18.7 Å². The van der Waals surface area contributed by atoms with Gasteiger partial charge in [-0.3, -0.25) is 9.80 Å². The van der Waals surface area contributed by atoms with Crippen molar-refractivity contribution in [3.8, 4) is 0 Å². The fraction of sp³-hybridized carbons (Fsp3) is 0.481. The molecule has 176 valence electrons. The first-order chi connectivity index (χ1) is 15.8. The van der Waals surface area contributed by atoms with Crippen molar-refractivity contribution in [2.45, 2.75) is 72.0 Å². The highest BCUT2D eigenvalue weighted by Gasteiger charge is 2.40. The maximum absolute atomic E-state index is 13.1. The summed E-state index contributed by atoms with van der Waals surface area (Å²) in [5, 5.41) is 0. The number of methoxy groups -OCH3 is 1. The largest absolute Gasteiger partial charge is 0.453 e. The van der Waals surface area contributed by atoms with Gasteiger partial charge >= 0.3 is 12.2 Å². The number of hydrogen-bond acceptors (Lipinski definition) is 4. The van der Waals surface area contributed by atoms with E-state index in [2.05, 4.69) is 44.2 Å². The van der Waals surface area contributed by atoms with E-state index in [-0.39, 0.29) is 24.3 Å². The van der Waals surface area contributed by atoms with Gasteiger partial charge in [-0.1, -0.05) is 35.4 Å². The number of fused-ring (bicyclic) bond motifs is 2. The molecule has 1 heterocycles. The van der Waals surface area contributed by atoms with Crippen molar-refractivity contribution in [1.82, 2.24) is 4.90 Å². The number of aryl methyl sites for hydroxylation is 4. The summed E-state index contributed by atoms with van der Waals surface area (Å²) in [4.78, 5) is 29.5. The van der Waals surface area contributed by atoms with Crippen LogP contribution in [0.15, 0.2) is 30.3 Å². The number of nitrogens with zero attached hydrogens (tertiary/aromatic N) is 2. The van der Waals surface area contributed by atoms with Crippen LogP contribution in [-0.4, -0.2) is 36.8 Å². The molecule has 0 saturated carbocycles. The Kier molecular flexibility index (Phi) is 6.63. The Hall–Kier alpha value is -3.02. The molecule has 2 aliphatic rings. The second kappa shape index (κ2) is 9.46. The van der Waals surface area contributed by atoms with Gasteiger partial charge in [0.25, 0.3) is 0 Å². The lowest BCUT2D eigenvalue weighted by atomic mass is 9.88. The molecule has 6 nitrogen and oxygen atoms in total. The molecular formula is C27H34N2O4. The van der Waals surface area contributed by atoms with Gasteiger partial charge in [-0.25, -0.2) is 9.59 Å². The predicted molar refractivity (Wildman–Crippen MR) is 129 cm³/mol. The molecule has 2 aromatic rings. The fourth-order valence-corrected chi connectivity index (χ4v) is 5.44. The Bertz CT molecular complexity index is 1040. The summed E-state index contributed by atoms with van der Waals surface area (Å²) < 4.78 is 10.6. The fourth-order valence-electron chi connectivity index (χ4n) is 5.44. The van der Waals surface area contributed by atoms with Gasteiger partial charge in [0.1, 0.15) is 0 Å². The van der Waals surface area contributed by atoms with E-state index in [9.17, 15) is 9.59 Å². The maximum Gasteiger partial charge on any atom is 0.414 e. The average molecular weight is 451 g/mol. The molecule has 0 aromatic heterocycles. The second-order valence-electron chi connectivity index (χ2n) is 9.30. The molecule has 0 N–H and O–H groups in total. The van der Waals surface area contributed by atoms with Gasteiger partial charge in [-0.15, -0.1) is 0 Å². The van der Waals surface area contributed by atoms with Crippen LogP contribution in [0.4, 0.5) is 15.3 Å². The van der Waals surface area contributed by atoms with Crippen molar-refractivity contribution < 1.29 is 19.1 Å². The Morgan fingerprint density at radius 1 is 1.06 bits per heavy atom. The van der Waals surface area contributed by atoms with Gasteiger partial charge in [0, 0.05) is 12.6 Å². The number of carbonyl (C=O) groups is 2. The van der Waals surface area contributed by atoms with Crippen molar-refractivity contribution in [3.05, 3.63) is 63.7 Å². The van der Waals surface area contributed by atoms with E-state index in [4.69, 9.17) is 9.47 Å². The molecule has 6 heteroatoms. The zero-order chi connectivity index (χ0) is 23.7. The standard InChI is InChI=1S/C27H34N2O4/c1-6-33-27(31)29-19(4)13-24(23-14-21-8-7-9-22(21)15-25(23)29)28(26(30)32-5)16-20-11-17(2)10-18(3)12-20/h10-12,14-15,19,24H,6-9,13,16H2,1-5H3. The molecule has 1 aliphatic carbocycles. The molecule has 0 radical (unpaired) electrons. The maximum atomic E-state index is 13.1. The van der Waals surface area contributed by atoms with Crippen molar-refractivity contribution in [2.75, 3.05) is 18.6 Å². The van der Waals surface area contributed by atoms with E-state index in [1.165, 1.54) is 29.4 Å². The molecule has 0 bridgehead atoms. The Morgan fingerprint density at radius 2 is 1.73 bits per heavy atom. The van der Waals surface area contributed by atoms with Crippen molar-refractivity contribution in [1.29, 1.82) is 0 Å². The van der Waals surface area contributed by atoms with Crippen molar-refractivity contribution in [2.24, 2.45) is 0 Å². The summed E-state index contributed by atoms with van der Waals surface area (Å²) in [5.41, 5.74) is 7.85. The number of ether oxygens (including phenoxy) is 2. The molecule has 33 heavy (non-hydrogen) atoms. The van der Waals surface area contributed by atoms with Gasteiger partial charge < -0.3 is 9.47 Å². The lowest BCUT2D eigenvalue weighted by Gasteiger charge is -2.43. The van der Waals surface area contributed by atoms with E-state index in [0.717, 1.165) is 36.1 Å². The van der Waals surface area contributed by atoms with Gasteiger partial charge in [-0.05, 0) is 81.7 Å². The second-order valence-corrected chi connectivity index (χ2v) is 9.30. The van der Waals surface area contributed by atoms with Crippen LogP contribution in [-0.2, 0) is 28.9 Å². The van der Waals surface area contributed by atoms with E-state index in [1.54, 1.807) is 4.90 Å². The highest BCUT2D eigenvalue weighted by Crippen LogP contribution is 2.44. The minimum absolute atomic E-state index is 0.118. The number of benzene rings is 2. The van der Waals surface area contributed by atoms with Crippen LogP contribution in [0.1, 0.15) is 66.1 Å². The van der Waals surface area contributed by atoms with Gasteiger partial charge in [0.2, 0.25) is 0 Å². The van der Waals surface area contributed by atoms with E-state index < -0.39 is 0 Å². The van der Waals surface area contributed by atoms with Gasteiger partial charge in [0.05, 0.1) is 25.4 Å². The zero-order valence-electron chi connectivity index (χ0n) is 20.3. The SMILES string of the molecule is CCOC(=O)N1c2cc3c(cc2C(N(Cc2cc(C)cc(C)c2)C(=O)OC)CC1C)CCC3. The summed E-state index contributed by atoms with van der Waals surface area (Å²) in [6, 6.07) is 10.4. The van der Waals surface area contributed by atoms with Crippen LogP contribution in [0, 0.1) is 13.8 Å². The highest BCUT2D eigenvalue weighted by atomic mass is 16.6. The molecule has 2 atom stereocenters. The number of carbonyl (C=O) groups excluding carboxylic acids is 2. The van der Waals surface area contributed by atoms with Crippen LogP contribution < -0.4 is 4.90 Å². The average Bonchev–Trinajstić information content (AvgIpc) is 3.22. The van der Waals surface area contributed by atoms with Crippen LogP contribution in [0.5, 0.6) is 0 Å². The molecule has 4 rings (SSSR count). The van der Waals surface area contributed by atoms with Crippen LogP contribution in [0.3, 0.4) is 0 Å². The van der Waals surface area contributed by atoms with Crippen molar-refractivity contribution >= 4 is 17.9 Å². The smallest absolute Gasteiger partial charge is 0.414 e. The first kappa shape index (κ1) is 23.1. The lowest BCUT2D eigenvalue weighted by molar-refractivity contribution is 0.0941. The number of amides is 2. The Labute approximate surface area is 196 Å². The van der Waals surface area contributed by atoms with Crippen LogP contribution in [0.25, 0.3) is 0 Å². The minimum Gasteiger partial charge on any atom is -0.453 e. The Balaban J connectivity index is 1.79. The normalized spacial score (nSPS) is 19.0. The predicted octanol–water partition coefficient (Wildman–Crippen LogP) is 5.86.